The molecule has 1 fully saturated rings. The van der Waals surface area contributed by atoms with Gasteiger partial charge in [0.25, 0.3) is 0 Å². The fourth-order valence-electron chi connectivity index (χ4n) is 2.85. The van der Waals surface area contributed by atoms with Gasteiger partial charge in [-0.05, 0) is 36.2 Å². The molecule has 1 aliphatic rings. The Morgan fingerprint density at radius 1 is 1.43 bits per heavy atom. The average molecular weight is 346 g/mol. The van der Waals surface area contributed by atoms with Crippen LogP contribution in [0.25, 0.3) is 10.4 Å². The van der Waals surface area contributed by atoms with Crippen molar-refractivity contribution in [1.82, 2.24) is 4.90 Å². The first-order valence-corrected chi connectivity index (χ1v) is 8.50. The van der Waals surface area contributed by atoms with Gasteiger partial charge >= 0.3 is 0 Å². The van der Waals surface area contributed by atoms with Gasteiger partial charge in [0.15, 0.2) is 0 Å². The third kappa shape index (κ3) is 3.25. The van der Waals surface area contributed by atoms with Crippen molar-refractivity contribution in [2.45, 2.75) is 13.0 Å². The second-order valence-electron chi connectivity index (χ2n) is 5.80. The minimum atomic E-state index is -1.03. The van der Waals surface area contributed by atoms with Crippen LogP contribution in [-0.4, -0.2) is 23.9 Å². The van der Waals surface area contributed by atoms with Crippen LogP contribution < -0.4 is 5.73 Å². The summed E-state index contributed by atoms with van der Waals surface area (Å²) in [5.74, 6) is -0.520. The highest BCUT2D eigenvalue weighted by Gasteiger charge is 2.43. The Morgan fingerprint density at radius 2 is 2.26 bits per heavy atom. The summed E-state index contributed by atoms with van der Waals surface area (Å²) >= 11 is 7.74. The molecule has 6 heteroatoms. The van der Waals surface area contributed by atoms with E-state index in [1.807, 2.05) is 24.3 Å². The number of rotatable bonds is 4. The fraction of sp³-hybridized carbons (Fsp3) is 0.294. The van der Waals surface area contributed by atoms with Gasteiger partial charge in [-0.15, -0.1) is 11.3 Å². The van der Waals surface area contributed by atoms with Crippen LogP contribution >= 0.6 is 22.9 Å². The number of thiophene rings is 1. The topological polar surface area (TPSA) is 70.1 Å². The van der Waals surface area contributed by atoms with E-state index in [1.165, 1.54) is 4.88 Å². The van der Waals surface area contributed by atoms with Gasteiger partial charge in [-0.25, -0.2) is 0 Å². The van der Waals surface area contributed by atoms with Crippen LogP contribution in [0.4, 0.5) is 0 Å². The highest BCUT2D eigenvalue weighted by atomic mass is 35.5. The Bertz CT molecular complexity index is 782. The third-order valence-corrected chi connectivity index (χ3v) is 5.54. The van der Waals surface area contributed by atoms with Crippen LogP contribution in [0.15, 0.2) is 36.4 Å². The van der Waals surface area contributed by atoms with Crippen LogP contribution in [0.5, 0.6) is 0 Å². The van der Waals surface area contributed by atoms with Crippen LogP contribution in [-0.2, 0) is 11.3 Å². The number of primary amides is 1. The Labute approximate surface area is 144 Å². The molecule has 23 heavy (non-hydrogen) atoms. The van der Waals surface area contributed by atoms with Gasteiger partial charge in [0.2, 0.25) is 5.91 Å². The predicted octanol–water partition coefficient (Wildman–Crippen LogP) is 3.27. The van der Waals surface area contributed by atoms with Gasteiger partial charge in [0.1, 0.15) is 5.41 Å². The molecule has 0 saturated carbocycles. The lowest BCUT2D eigenvalue weighted by molar-refractivity contribution is -0.124. The molecule has 1 unspecified atom stereocenters. The lowest BCUT2D eigenvalue weighted by Crippen LogP contribution is -2.38. The zero-order valence-corrected chi connectivity index (χ0v) is 14.0. The van der Waals surface area contributed by atoms with Gasteiger partial charge in [0, 0.05) is 34.4 Å². The summed E-state index contributed by atoms with van der Waals surface area (Å²) < 4.78 is 0. The molecular formula is C17H16ClN3OS. The van der Waals surface area contributed by atoms with Crippen LogP contribution in [0.2, 0.25) is 5.02 Å². The normalized spacial score (nSPS) is 21.2. The van der Waals surface area contributed by atoms with E-state index in [0.717, 1.165) is 22.0 Å². The number of nitrogens with zero attached hydrogens (tertiary/aromatic N) is 2. The Hall–Kier alpha value is -1.87. The molecule has 1 aromatic heterocycles. The SMILES string of the molecule is N#CC1(C(N)=O)CCN(Cc2ccc(-c3cccc(Cl)c3)s2)C1. The molecule has 1 saturated heterocycles. The zero-order chi connectivity index (χ0) is 16.4. The average Bonchev–Trinajstić information content (AvgIpc) is 3.15. The number of nitriles is 1. The Morgan fingerprint density at radius 3 is 2.91 bits per heavy atom. The standard InChI is InChI=1S/C17H16ClN3OS/c18-13-3-1-2-12(8-13)15-5-4-14(23-15)9-21-7-6-17(10-19,11-21)16(20)22/h1-5,8H,6-7,9,11H2,(H2,20,22). The molecule has 1 aliphatic heterocycles. The predicted molar refractivity (Wildman–Crippen MR) is 91.9 cm³/mol. The molecule has 3 rings (SSSR count). The van der Waals surface area contributed by atoms with Crippen molar-refractivity contribution in [3.63, 3.8) is 0 Å². The zero-order valence-electron chi connectivity index (χ0n) is 12.5. The van der Waals surface area contributed by atoms with Crippen LogP contribution in [0.3, 0.4) is 0 Å². The van der Waals surface area contributed by atoms with Crippen molar-refractivity contribution in [3.8, 4) is 16.5 Å². The minimum absolute atomic E-state index is 0.406. The first kappa shape index (κ1) is 16.0. The van der Waals surface area contributed by atoms with Gasteiger partial charge in [-0.1, -0.05) is 23.7 Å². The molecule has 0 spiro atoms. The number of likely N-dealkylation sites (tertiary alicyclic amines) is 1. The fourth-order valence-corrected chi connectivity index (χ4v) is 4.09. The number of nitrogens with two attached hydrogens (primary N) is 1. The third-order valence-electron chi connectivity index (χ3n) is 4.18. The van der Waals surface area contributed by atoms with Crippen molar-refractivity contribution in [2.24, 2.45) is 11.1 Å². The van der Waals surface area contributed by atoms with Gasteiger partial charge in [-0.3, -0.25) is 9.69 Å². The largest absolute Gasteiger partial charge is 0.368 e. The number of hydrogen-bond acceptors (Lipinski definition) is 4. The highest BCUT2D eigenvalue weighted by Crippen LogP contribution is 2.34. The van der Waals surface area contributed by atoms with E-state index in [4.69, 9.17) is 17.3 Å². The van der Waals surface area contributed by atoms with Crippen molar-refractivity contribution in [2.75, 3.05) is 13.1 Å². The van der Waals surface area contributed by atoms with E-state index in [1.54, 1.807) is 11.3 Å². The van der Waals surface area contributed by atoms with Crippen molar-refractivity contribution in [1.29, 1.82) is 5.26 Å². The van der Waals surface area contributed by atoms with Crippen molar-refractivity contribution >= 4 is 28.8 Å². The number of carbonyl (C=O) groups is 1. The number of carbonyl (C=O) groups excluding carboxylic acids is 1. The van der Waals surface area contributed by atoms with Crippen molar-refractivity contribution in [3.05, 3.63) is 46.3 Å². The van der Waals surface area contributed by atoms with E-state index in [0.29, 0.717) is 19.5 Å². The number of benzene rings is 1. The van der Waals surface area contributed by atoms with Crippen LogP contribution in [0.1, 0.15) is 11.3 Å². The first-order chi connectivity index (χ1) is 11.0. The highest BCUT2D eigenvalue weighted by molar-refractivity contribution is 7.15. The molecule has 2 N–H and O–H groups in total. The van der Waals surface area contributed by atoms with E-state index in [9.17, 15) is 10.1 Å². The maximum atomic E-state index is 11.5. The first-order valence-electron chi connectivity index (χ1n) is 7.31. The summed E-state index contributed by atoms with van der Waals surface area (Å²) in [7, 11) is 0. The molecular weight excluding hydrogens is 330 g/mol. The van der Waals surface area contributed by atoms with E-state index < -0.39 is 11.3 Å². The molecule has 2 aromatic rings. The molecule has 1 aromatic carbocycles. The summed E-state index contributed by atoms with van der Waals surface area (Å²) in [6, 6.07) is 14.0. The monoisotopic (exact) mass is 345 g/mol. The second-order valence-corrected chi connectivity index (χ2v) is 7.40. The van der Waals surface area contributed by atoms with Crippen molar-refractivity contribution < 1.29 is 4.79 Å². The molecule has 1 amide bonds. The maximum absolute atomic E-state index is 11.5. The number of hydrogen-bond donors (Lipinski definition) is 1. The van der Waals surface area contributed by atoms with Crippen LogP contribution in [0, 0.1) is 16.7 Å². The molecule has 0 aliphatic carbocycles. The molecule has 4 nitrogen and oxygen atoms in total. The molecule has 1 atom stereocenters. The lowest BCUT2D eigenvalue weighted by Gasteiger charge is -2.18. The minimum Gasteiger partial charge on any atom is -0.368 e. The Kier molecular flexibility index (Phi) is 4.40. The molecule has 2 heterocycles. The second kappa shape index (κ2) is 6.32. The Balaban J connectivity index is 1.71. The molecule has 0 radical (unpaired) electrons. The smallest absolute Gasteiger partial charge is 0.239 e. The summed E-state index contributed by atoms with van der Waals surface area (Å²) in [5, 5.41) is 9.98. The number of amides is 1. The summed E-state index contributed by atoms with van der Waals surface area (Å²) in [4.78, 5) is 16.0. The molecule has 118 valence electrons. The summed E-state index contributed by atoms with van der Waals surface area (Å²) in [6.45, 7) is 1.84. The van der Waals surface area contributed by atoms with Gasteiger partial charge in [-0.2, -0.15) is 5.26 Å². The van der Waals surface area contributed by atoms with Gasteiger partial charge < -0.3 is 5.73 Å². The van der Waals surface area contributed by atoms with E-state index in [-0.39, 0.29) is 0 Å². The summed E-state index contributed by atoms with van der Waals surface area (Å²) in [5.41, 5.74) is 5.46. The van der Waals surface area contributed by atoms with Gasteiger partial charge in [0.05, 0.1) is 6.07 Å². The van der Waals surface area contributed by atoms with E-state index in [2.05, 4.69) is 23.1 Å². The number of halogens is 1. The molecule has 0 bridgehead atoms. The summed E-state index contributed by atoms with van der Waals surface area (Å²) in [6.07, 6.45) is 0.505. The maximum Gasteiger partial charge on any atom is 0.239 e. The quantitative estimate of drug-likeness (QED) is 0.924. The lowest BCUT2D eigenvalue weighted by atomic mass is 9.88. The van der Waals surface area contributed by atoms with E-state index >= 15 is 0 Å².